The number of hydrogen-bond acceptors (Lipinski definition) is 3. The Morgan fingerprint density at radius 3 is 2.92 bits per heavy atom. The molecule has 1 aliphatic carbocycles. The summed E-state index contributed by atoms with van der Waals surface area (Å²) in [6.07, 6.45) is 9.42. The molecule has 0 amide bonds. The van der Waals surface area contributed by atoms with E-state index in [4.69, 9.17) is 0 Å². The minimum atomic E-state index is 0.247. The summed E-state index contributed by atoms with van der Waals surface area (Å²) in [5.74, 6) is 0.715. The van der Waals surface area contributed by atoms with Crippen LogP contribution < -0.4 is 5.32 Å². The molecule has 0 bridgehead atoms. The molecule has 2 N–H and O–H groups in total. The van der Waals surface area contributed by atoms with Crippen LogP contribution in [0.3, 0.4) is 0 Å². The van der Waals surface area contributed by atoms with Gasteiger partial charge in [-0.2, -0.15) is 0 Å². The molecule has 0 radical (unpaired) electrons. The molecule has 0 fully saturated rings. The van der Waals surface area contributed by atoms with Crippen LogP contribution in [0.4, 0.5) is 5.95 Å². The van der Waals surface area contributed by atoms with Gasteiger partial charge in [-0.3, -0.25) is 0 Å². The van der Waals surface area contributed by atoms with Gasteiger partial charge in [0.2, 0.25) is 5.95 Å². The van der Waals surface area contributed by atoms with Crippen molar-refractivity contribution in [1.29, 1.82) is 0 Å². The smallest absolute Gasteiger partial charge is 0.223 e. The minimum Gasteiger partial charge on any atom is -0.356 e. The fourth-order valence-corrected chi connectivity index (χ4v) is 3.94. The third kappa shape index (κ3) is 2.93. The van der Waals surface area contributed by atoms with Crippen molar-refractivity contribution >= 4 is 32.8 Å². The van der Waals surface area contributed by atoms with Gasteiger partial charge in [-0.05, 0) is 55.0 Å². The Balaban J connectivity index is 1.63. The first kappa shape index (κ1) is 15.6. The highest BCUT2D eigenvalue weighted by atomic mass is 79.9. The van der Waals surface area contributed by atoms with Gasteiger partial charge in [0.1, 0.15) is 0 Å². The normalized spacial score (nSPS) is 17.0. The fraction of sp³-hybridized carbons (Fsp3) is 0.368. The van der Waals surface area contributed by atoms with Crippen molar-refractivity contribution in [3.63, 3.8) is 0 Å². The van der Waals surface area contributed by atoms with Crippen LogP contribution >= 0.6 is 15.9 Å². The molecule has 0 aliphatic heterocycles. The standard InChI is InChI=1S/C19H21BrN4/c1-2-4-12-10-21-19(22-11-12)24-17-6-3-5-14-15-9-13(20)7-8-16(15)23-18(14)17/h7-11,17,23H,2-6H2,1H3,(H,21,22,24). The molecule has 1 unspecified atom stereocenters. The first-order valence-corrected chi connectivity index (χ1v) is 9.41. The predicted molar refractivity (Wildman–Crippen MR) is 101 cm³/mol. The molecule has 3 aromatic rings. The van der Waals surface area contributed by atoms with Gasteiger partial charge >= 0.3 is 0 Å². The zero-order chi connectivity index (χ0) is 16.5. The lowest BCUT2D eigenvalue weighted by Gasteiger charge is -2.23. The number of halogens is 1. The van der Waals surface area contributed by atoms with E-state index in [-0.39, 0.29) is 6.04 Å². The summed E-state index contributed by atoms with van der Waals surface area (Å²) in [6.45, 7) is 2.17. The van der Waals surface area contributed by atoms with Gasteiger partial charge in [0, 0.05) is 33.5 Å². The first-order valence-electron chi connectivity index (χ1n) is 8.62. The quantitative estimate of drug-likeness (QED) is 0.652. The van der Waals surface area contributed by atoms with Crippen molar-refractivity contribution in [2.75, 3.05) is 5.32 Å². The number of nitrogens with zero attached hydrogens (tertiary/aromatic N) is 2. The van der Waals surface area contributed by atoms with Gasteiger partial charge in [-0.25, -0.2) is 9.97 Å². The van der Waals surface area contributed by atoms with Crippen molar-refractivity contribution in [2.24, 2.45) is 0 Å². The van der Waals surface area contributed by atoms with Crippen molar-refractivity contribution in [1.82, 2.24) is 15.0 Å². The summed E-state index contributed by atoms with van der Waals surface area (Å²) in [5.41, 5.74) is 5.12. The zero-order valence-electron chi connectivity index (χ0n) is 13.8. The van der Waals surface area contributed by atoms with E-state index in [1.54, 1.807) is 0 Å². The molecule has 4 rings (SSSR count). The number of anilines is 1. The maximum Gasteiger partial charge on any atom is 0.223 e. The van der Waals surface area contributed by atoms with E-state index in [0.29, 0.717) is 5.95 Å². The third-order valence-corrected chi connectivity index (χ3v) is 5.21. The summed E-state index contributed by atoms with van der Waals surface area (Å²) in [7, 11) is 0. The Bertz CT molecular complexity index is 854. The summed E-state index contributed by atoms with van der Waals surface area (Å²) in [5, 5.41) is 4.84. The lowest BCUT2D eigenvalue weighted by Crippen LogP contribution is -2.18. The lowest BCUT2D eigenvalue weighted by molar-refractivity contribution is 0.588. The van der Waals surface area contributed by atoms with E-state index < -0.39 is 0 Å². The second-order valence-electron chi connectivity index (χ2n) is 6.46. The zero-order valence-corrected chi connectivity index (χ0v) is 15.4. The Labute approximate surface area is 150 Å². The highest BCUT2D eigenvalue weighted by Crippen LogP contribution is 2.37. The van der Waals surface area contributed by atoms with Gasteiger partial charge in [-0.1, -0.05) is 29.3 Å². The second-order valence-corrected chi connectivity index (χ2v) is 7.38. The molecule has 1 aromatic carbocycles. The molecule has 0 saturated carbocycles. The van der Waals surface area contributed by atoms with Crippen molar-refractivity contribution in [3.05, 3.63) is 51.9 Å². The summed E-state index contributed by atoms with van der Waals surface area (Å²) in [6, 6.07) is 6.69. The molecule has 0 saturated heterocycles. The number of aryl methyl sites for hydroxylation is 2. The van der Waals surface area contributed by atoms with Crippen molar-refractivity contribution in [2.45, 2.75) is 45.1 Å². The van der Waals surface area contributed by atoms with E-state index in [1.807, 2.05) is 12.4 Å². The van der Waals surface area contributed by atoms with Gasteiger partial charge in [0.25, 0.3) is 0 Å². The number of benzene rings is 1. The van der Waals surface area contributed by atoms with E-state index >= 15 is 0 Å². The Morgan fingerprint density at radius 1 is 1.29 bits per heavy atom. The summed E-state index contributed by atoms with van der Waals surface area (Å²) in [4.78, 5) is 12.6. The molecule has 4 nitrogen and oxygen atoms in total. The summed E-state index contributed by atoms with van der Waals surface area (Å²) >= 11 is 3.58. The Morgan fingerprint density at radius 2 is 2.12 bits per heavy atom. The van der Waals surface area contributed by atoms with Crippen LogP contribution in [-0.2, 0) is 12.8 Å². The number of rotatable bonds is 4. The van der Waals surface area contributed by atoms with E-state index in [2.05, 4.69) is 61.3 Å². The molecule has 2 aromatic heterocycles. The van der Waals surface area contributed by atoms with E-state index in [0.717, 1.165) is 30.2 Å². The van der Waals surface area contributed by atoms with Gasteiger partial charge < -0.3 is 10.3 Å². The molecule has 24 heavy (non-hydrogen) atoms. The minimum absolute atomic E-state index is 0.247. The Hall–Kier alpha value is -1.88. The van der Waals surface area contributed by atoms with Crippen molar-refractivity contribution < 1.29 is 0 Å². The molecule has 1 atom stereocenters. The average molecular weight is 385 g/mol. The molecular formula is C19H21BrN4. The molecule has 1 aliphatic rings. The summed E-state index contributed by atoms with van der Waals surface area (Å²) < 4.78 is 1.13. The number of H-pyrrole nitrogens is 1. The number of hydrogen-bond donors (Lipinski definition) is 2. The SMILES string of the molecule is CCCc1cnc(NC2CCCc3c2[nH]c2ccc(Br)cc32)nc1. The Kier molecular flexibility index (Phi) is 4.27. The number of fused-ring (bicyclic) bond motifs is 3. The van der Waals surface area contributed by atoms with E-state index in [9.17, 15) is 0 Å². The largest absolute Gasteiger partial charge is 0.356 e. The second kappa shape index (κ2) is 6.55. The maximum absolute atomic E-state index is 4.49. The lowest BCUT2D eigenvalue weighted by atomic mass is 9.92. The van der Waals surface area contributed by atoms with Crippen molar-refractivity contribution in [3.8, 4) is 0 Å². The monoisotopic (exact) mass is 384 g/mol. The highest BCUT2D eigenvalue weighted by molar-refractivity contribution is 9.10. The molecule has 0 spiro atoms. The number of aromatic amines is 1. The van der Waals surface area contributed by atoms with Crippen LogP contribution in [0.5, 0.6) is 0 Å². The van der Waals surface area contributed by atoms with Gasteiger partial charge in [-0.15, -0.1) is 0 Å². The van der Waals surface area contributed by atoms with Gasteiger partial charge in [0.15, 0.2) is 0 Å². The van der Waals surface area contributed by atoms with E-state index in [1.165, 1.54) is 34.1 Å². The van der Waals surface area contributed by atoms with Crippen LogP contribution in [0, 0.1) is 0 Å². The fourth-order valence-electron chi connectivity index (χ4n) is 3.58. The predicted octanol–water partition coefficient (Wildman–Crippen LogP) is 5.16. The molecular weight excluding hydrogens is 364 g/mol. The van der Waals surface area contributed by atoms with Crippen LogP contribution in [0.2, 0.25) is 0 Å². The highest BCUT2D eigenvalue weighted by Gasteiger charge is 2.24. The number of nitrogens with one attached hydrogen (secondary N) is 2. The average Bonchev–Trinajstić information content (AvgIpc) is 2.96. The number of aromatic nitrogens is 3. The third-order valence-electron chi connectivity index (χ3n) is 4.72. The first-order chi connectivity index (χ1) is 11.7. The van der Waals surface area contributed by atoms with Crippen LogP contribution in [0.1, 0.15) is 49.0 Å². The maximum atomic E-state index is 4.49. The molecule has 124 valence electrons. The van der Waals surface area contributed by atoms with Crippen LogP contribution in [0.15, 0.2) is 35.1 Å². The van der Waals surface area contributed by atoms with Gasteiger partial charge in [0.05, 0.1) is 6.04 Å². The molecule has 5 heteroatoms. The molecule has 2 heterocycles. The van der Waals surface area contributed by atoms with Crippen LogP contribution in [0.25, 0.3) is 10.9 Å². The topological polar surface area (TPSA) is 53.6 Å². The van der Waals surface area contributed by atoms with Crippen LogP contribution in [-0.4, -0.2) is 15.0 Å².